The predicted molar refractivity (Wildman–Crippen MR) is 55.7 cm³/mol. The van der Waals surface area contributed by atoms with Gasteiger partial charge >= 0.3 is 12.4 Å². The summed E-state index contributed by atoms with van der Waals surface area (Å²) in [6, 6.07) is 1.09. The molecule has 10 heteroatoms. The minimum absolute atomic E-state index is 0.142. The summed E-state index contributed by atoms with van der Waals surface area (Å²) in [5.74, 6) is -1.89. The SMILES string of the molecule is CNc1cc(NCCC(F)(F)F)nc(C(F)(F)F)n1. The molecule has 1 rings (SSSR count). The summed E-state index contributed by atoms with van der Waals surface area (Å²) in [5, 5.41) is 4.55. The average molecular weight is 288 g/mol. The van der Waals surface area contributed by atoms with Crippen LogP contribution in [0.4, 0.5) is 38.0 Å². The molecule has 2 N–H and O–H groups in total. The van der Waals surface area contributed by atoms with Crippen molar-refractivity contribution in [2.45, 2.75) is 18.8 Å². The molecule has 108 valence electrons. The maximum Gasteiger partial charge on any atom is 0.451 e. The highest BCUT2D eigenvalue weighted by Gasteiger charge is 2.35. The Labute approximate surface area is 104 Å². The van der Waals surface area contributed by atoms with Gasteiger partial charge < -0.3 is 10.6 Å². The Kier molecular flexibility index (Phi) is 4.43. The molecule has 0 atom stereocenters. The van der Waals surface area contributed by atoms with Crippen LogP contribution >= 0.6 is 0 Å². The number of halogens is 6. The topological polar surface area (TPSA) is 49.8 Å². The van der Waals surface area contributed by atoms with Gasteiger partial charge in [-0.25, -0.2) is 9.97 Å². The van der Waals surface area contributed by atoms with Gasteiger partial charge in [-0.05, 0) is 0 Å². The predicted octanol–water partition coefficient (Wildman–Crippen LogP) is 2.90. The van der Waals surface area contributed by atoms with Crippen LogP contribution in [0.5, 0.6) is 0 Å². The first-order chi connectivity index (χ1) is 8.62. The molecule has 0 aliphatic carbocycles. The number of hydrogen-bond donors (Lipinski definition) is 2. The van der Waals surface area contributed by atoms with Crippen molar-refractivity contribution < 1.29 is 26.3 Å². The molecule has 1 heterocycles. The van der Waals surface area contributed by atoms with E-state index >= 15 is 0 Å². The van der Waals surface area contributed by atoms with Crippen molar-refractivity contribution in [3.8, 4) is 0 Å². The van der Waals surface area contributed by atoms with Crippen molar-refractivity contribution in [1.82, 2.24) is 9.97 Å². The lowest BCUT2D eigenvalue weighted by molar-refractivity contribution is -0.144. The summed E-state index contributed by atoms with van der Waals surface area (Å²) >= 11 is 0. The van der Waals surface area contributed by atoms with Gasteiger partial charge in [0.15, 0.2) is 0 Å². The third-order valence-electron chi connectivity index (χ3n) is 1.95. The van der Waals surface area contributed by atoms with Crippen LogP contribution in [-0.2, 0) is 6.18 Å². The van der Waals surface area contributed by atoms with Crippen molar-refractivity contribution in [3.63, 3.8) is 0 Å². The van der Waals surface area contributed by atoms with E-state index in [1.54, 1.807) is 0 Å². The van der Waals surface area contributed by atoms with E-state index in [9.17, 15) is 26.3 Å². The highest BCUT2D eigenvalue weighted by atomic mass is 19.4. The third kappa shape index (κ3) is 5.18. The van der Waals surface area contributed by atoms with Crippen molar-refractivity contribution >= 4 is 11.6 Å². The summed E-state index contributed by atoms with van der Waals surface area (Å²) in [7, 11) is 1.34. The molecule has 0 unspecified atom stereocenters. The first-order valence-electron chi connectivity index (χ1n) is 5.06. The molecule has 0 saturated heterocycles. The van der Waals surface area contributed by atoms with Crippen molar-refractivity contribution in [2.75, 3.05) is 24.2 Å². The largest absolute Gasteiger partial charge is 0.451 e. The van der Waals surface area contributed by atoms with Crippen LogP contribution in [0, 0.1) is 0 Å². The molecule has 0 aliphatic rings. The molecular weight excluding hydrogens is 278 g/mol. The molecule has 4 nitrogen and oxygen atoms in total. The molecule has 0 aliphatic heterocycles. The van der Waals surface area contributed by atoms with Gasteiger partial charge in [0.2, 0.25) is 5.82 Å². The van der Waals surface area contributed by atoms with Crippen LogP contribution in [-0.4, -0.2) is 29.7 Å². The fourth-order valence-electron chi connectivity index (χ4n) is 1.12. The summed E-state index contributed by atoms with van der Waals surface area (Å²) in [4.78, 5) is 6.29. The third-order valence-corrected chi connectivity index (χ3v) is 1.95. The van der Waals surface area contributed by atoms with E-state index in [2.05, 4.69) is 20.6 Å². The van der Waals surface area contributed by atoms with Gasteiger partial charge in [-0.2, -0.15) is 26.3 Å². The lowest BCUT2D eigenvalue weighted by atomic mass is 10.4. The first-order valence-corrected chi connectivity index (χ1v) is 5.06. The highest BCUT2D eigenvalue weighted by Crippen LogP contribution is 2.28. The second kappa shape index (κ2) is 5.49. The summed E-state index contributed by atoms with van der Waals surface area (Å²) in [6.07, 6.45) is -10.3. The fourth-order valence-corrected chi connectivity index (χ4v) is 1.12. The van der Waals surface area contributed by atoms with E-state index in [1.165, 1.54) is 7.05 Å². The summed E-state index contributed by atoms with van der Waals surface area (Å²) in [5.41, 5.74) is 0. The molecule has 0 spiro atoms. The van der Waals surface area contributed by atoms with E-state index in [0.29, 0.717) is 0 Å². The van der Waals surface area contributed by atoms with Crippen LogP contribution in [0.3, 0.4) is 0 Å². The van der Waals surface area contributed by atoms with E-state index < -0.39 is 31.1 Å². The van der Waals surface area contributed by atoms with Crippen LogP contribution in [0.15, 0.2) is 6.07 Å². The van der Waals surface area contributed by atoms with Gasteiger partial charge in [-0.3, -0.25) is 0 Å². The Hall–Kier alpha value is -1.74. The number of hydrogen-bond acceptors (Lipinski definition) is 4. The summed E-state index contributed by atoms with van der Waals surface area (Å²) in [6.45, 7) is -0.568. The Morgan fingerprint density at radius 2 is 1.63 bits per heavy atom. The van der Waals surface area contributed by atoms with Crippen molar-refractivity contribution in [1.29, 1.82) is 0 Å². The van der Waals surface area contributed by atoms with Gasteiger partial charge in [0.05, 0.1) is 6.42 Å². The standard InChI is InChI=1S/C9H10F6N4/c1-16-5-4-6(17-3-2-8(10,11)12)19-7(18-5)9(13,14)15/h4H,2-3H2,1H3,(H2,16,17,18,19). The first kappa shape index (κ1) is 15.3. The Morgan fingerprint density at radius 1 is 1.05 bits per heavy atom. The van der Waals surface area contributed by atoms with Gasteiger partial charge in [0.1, 0.15) is 11.6 Å². The fraction of sp³-hybridized carbons (Fsp3) is 0.556. The maximum atomic E-state index is 12.4. The number of aromatic nitrogens is 2. The zero-order chi connectivity index (χ0) is 14.7. The lowest BCUT2D eigenvalue weighted by Crippen LogP contribution is -2.17. The zero-order valence-electron chi connectivity index (χ0n) is 9.65. The average Bonchev–Trinajstić information content (AvgIpc) is 2.25. The minimum Gasteiger partial charge on any atom is -0.373 e. The summed E-state index contributed by atoms with van der Waals surface area (Å²) < 4.78 is 73.0. The number of nitrogens with one attached hydrogen (secondary N) is 2. The molecule has 0 radical (unpaired) electrons. The molecule has 19 heavy (non-hydrogen) atoms. The molecule has 0 saturated carbocycles. The van der Waals surface area contributed by atoms with Gasteiger partial charge in [0, 0.05) is 19.7 Å². The number of alkyl halides is 6. The molecule has 0 fully saturated rings. The van der Waals surface area contributed by atoms with Gasteiger partial charge in [-0.1, -0.05) is 0 Å². The second-order valence-corrected chi connectivity index (χ2v) is 3.50. The number of rotatable bonds is 4. The monoisotopic (exact) mass is 288 g/mol. The minimum atomic E-state index is -4.77. The molecule has 0 bridgehead atoms. The Balaban J connectivity index is 2.83. The molecular formula is C9H10F6N4. The van der Waals surface area contributed by atoms with E-state index in [-0.39, 0.29) is 11.6 Å². The molecule has 0 aromatic carbocycles. The zero-order valence-corrected chi connectivity index (χ0v) is 9.65. The van der Waals surface area contributed by atoms with E-state index in [4.69, 9.17) is 0 Å². The normalized spacial score (nSPS) is 12.4. The van der Waals surface area contributed by atoms with Gasteiger partial charge in [-0.15, -0.1) is 0 Å². The van der Waals surface area contributed by atoms with Crippen LogP contribution < -0.4 is 10.6 Å². The van der Waals surface area contributed by atoms with Gasteiger partial charge in [0.25, 0.3) is 0 Å². The maximum absolute atomic E-state index is 12.4. The molecule has 1 aromatic heterocycles. The van der Waals surface area contributed by atoms with Crippen LogP contribution in [0.2, 0.25) is 0 Å². The molecule has 1 aromatic rings. The Bertz CT molecular complexity index is 428. The second-order valence-electron chi connectivity index (χ2n) is 3.50. The van der Waals surface area contributed by atoms with Crippen molar-refractivity contribution in [3.05, 3.63) is 11.9 Å². The van der Waals surface area contributed by atoms with Crippen LogP contribution in [0.25, 0.3) is 0 Å². The quantitative estimate of drug-likeness (QED) is 0.836. The van der Waals surface area contributed by atoms with E-state index in [1.807, 2.05) is 0 Å². The highest BCUT2D eigenvalue weighted by molar-refractivity contribution is 5.47. The van der Waals surface area contributed by atoms with Crippen molar-refractivity contribution in [2.24, 2.45) is 0 Å². The van der Waals surface area contributed by atoms with Crippen LogP contribution in [0.1, 0.15) is 12.2 Å². The lowest BCUT2D eigenvalue weighted by Gasteiger charge is -2.12. The number of anilines is 2. The Morgan fingerprint density at radius 3 is 2.11 bits per heavy atom. The smallest absolute Gasteiger partial charge is 0.373 e. The van der Waals surface area contributed by atoms with E-state index in [0.717, 1.165) is 6.07 Å². The molecule has 0 amide bonds. The number of nitrogens with zero attached hydrogens (tertiary/aromatic N) is 2.